The van der Waals surface area contributed by atoms with E-state index < -0.39 is 18.3 Å². The van der Waals surface area contributed by atoms with Crippen molar-refractivity contribution in [2.75, 3.05) is 7.11 Å². The second-order valence-corrected chi connectivity index (χ2v) is 5.53. The minimum Gasteiger partial charge on any atom is -0.481 e. The molecule has 0 unspecified atom stereocenters. The van der Waals surface area contributed by atoms with Gasteiger partial charge in [-0.25, -0.2) is 4.98 Å². The summed E-state index contributed by atoms with van der Waals surface area (Å²) in [4.78, 5) is 4.02. The molecule has 1 saturated heterocycles. The van der Waals surface area contributed by atoms with E-state index in [1.165, 1.54) is 7.11 Å². The van der Waals surface area contributed by atoms with Crippen molar-refractivity contribution in [3.05, 3.63) is 17.8 Å². The number of pyridine rings is 1. The lowest BCUT2D eigenvalue weighted by atomic mass is 9.79. The Kier molecular flexibility index (Phi) is 3.29. The first-order chi connectivity index (χ1) is 8.79. The standard InChI is InChI=1S/C13H17BN2O3/c1-12(2)13(3,4)19-14(18-12)9-6-10(8-15)16-11(7-9)17-5/h6-7H,1-5H3. The maximum absolute atomic E-state index is 8.98. The summed E-state index contributed by atoms with van der Waals surface area (Å²) in [5.74, 6) is 0.378. The summed E-state index contributed by atoms with van der Waals surface area (Å²) in [5.41, 5.74) is 0.188. The van der Waals surface area contributed by atoms with E-state index in [0.717, 1.165) is 5.46 Å². The van der Waals surface area contributed by atoms with Crippen LogP contribution in [0.25, 0.3) is 0 Å². The molecule has 1 aliphatic heterocycles. The number of ether oxygens (including phenoxy) is 1. The zero-order valence-corrected chi connectivity index (χ0v) is 11.9. The molecule has 1 fully saturated rings. The zero-order chi connectivity index (χ0) is 14.3. The van der Waals surface area contributed by atoms with Gasteiger partial charge in [-0.05, 0) is 39.2 Å². The first-order valence-corrected chi connectivity index (χ1v) is 6.11. The van der Waals surface area contributed by atoms with Gasteiger partial charge >= 0.3 is 7.12 Å². The lowest BCUT2D eigenvalue weighted by Gasteiger charge is -2.32. The Bertz CT molecular complexity index is 521. The van der Waals surface area contributed by atoms with Crippen LogP contribution in [-0.4, -0.2) is 30.4 Å². The lowest BCUT2D eigenvalue weighted by Crippen LogP contribution is -2.41. The monoisotopic (exact) mass is 260 g/mol. The van der Waals surface area contributed by atoms with Crippen LogP contribution in [0.3, 0.4) is 0 Å². The van der Waals surface area contributed by atoms with E-state index in [0.29, 0.717) is 5.88 Å². The molecule has 0 amide bonds. The number of hydrogen-bond donors (Lipinski definition) is 0. The summed E-state index contributed by atoms with van der Waals surface area (Å²) < 4.78 is 17.0. The predicted octanol–water partition coefficient (Wildman–Crippen LogP) is 1.26. The van der Waals surface area contributed by atoms with Crippen molar-refractivity contribution in [1.29, 1.82) is 5.26 Å². The highest BCUT2D eigenvalue weighted by molar-refractivity contribution is 6.62. The second kappa shape index (κ2) is 4.51. The highest BCUT2D eigenvalue weighted by atomic mass is 16.7. The van der Waals surface area contributed by atoms with Crippen LogP contribution in [0.1, 0.15) is 33.4 Å². The van der Waals surface area contributed by atoms with E-state index in [1.54, 1.807) is 12.1 Å². The van der Waals surface area contributed by atoms with Gasteiger partial charge in [-0.3, -0.25) is 0 Å². The highest BCUT2D eigenvalue weighted by Gasteiger charge is 2.51. The maximum Gasteiger partial charge on any atom is 0.495 e. The van der Waals surface area contributed by atoms with Crippen molar-refractivity contribution in [1.82, 2.24) is 4.98 Å². The molecule has 1 aliphatic rings. The van der Waals surface area contributed by atoms with Crippen molar-refractivity contribution >= 4 is 12.6 Å². The lowest BCUT2D eigenvalue weighted by molar-refractivity contribution is 0.00578. The summed E-state index contributed by atoms with van der Waals surface area (Å²) in [5, 5.41) is 8.98. The summed E-state index contributed by atoms with van der Waals surface area (Å²) >= 11 is 0. The normalized spacial score (nSPS) is 20.1. The maximum atomic E-state index is 8.98. The van der Waals surface area contributed by atoms with Crippen molar-refractivity contribution in [3.8, 4) is 11.9 Å². The second-order valence-electron chi connectivity index (χ2n) is 5.53. The van der Waals surface area contributed by atoms with Crippen molar-refractivity contribution in [2.45, 2.75) is 38.9 Å². The summed E-state index contributed by atoms with van der Waals surface area (Å²) in [6.45, 7) is 7.93. The molecule has 6 heteroatoms. The number of hydrogen-bond acceptors (Lipinski definition) is 5. The molecule has 5 nitrogen and oxygen atoms in total. The first kappa shape index (κ1) is 13.8. The summed E-state index contributed by atoms with van der Waals surface area (Å²) in [7, 11) is 0.992. The van der Waals surface area contributed by atoms with E-state index in [1.807, 2.05) is 33.8 Å². The van der Waals surface area contributed by atoms with Crippen LogP contribution in [0, 0.1) is 11.3 Å². The Morgan fingerprint density at radius 3 is 2.26 bits per heavy atom. The minimum atomic E-state index is -0.519. The summed E-state index contributed by atoms with van der Waals surface area (Å²) in [6.07, 6.45) is 0. The third kappa shape index (κ3) is 2.44. The van der Waals surface area contributed by atoms with Crippen LogP contribution in [0.5, 0.6) is 5.88 Å². The van der Waals surface area contributed by atoms with Gasteiger partial charge < -0.3 is 14.0 Å². The van der Waals surface area contributed by atoms with Crippen LogP contribution in [0.15, 0.2) is 12.1 Å². The Hall–Kier alpha value is -1.58. The van der Waals surface area contributed by atoms with Gasteiger partial charge in [-0.2, -0.15) is 5.26 Å². The first-order valence-electron chi connectivity index (χ1n) is 6.11. The van der Waals surface area contributed by atoms with Gasteiger partial charge in [-0.1, -0.05) is 0 Å². The molecule has 2 rings (SSSR count). The SMILES string of the molecule is COc1cc(B2OC(C)(C)C(C)(C)O2)cc(C#N)n1. The largest absolute Gasteiger partial charge is 0.495 e. The fourth-order valence-corrected chi connectivity index (χ4v) is 1.80. The van der Waals surface area contributed by atoms with E-state index in [9.17, 15) is 0 Å². The fraction of sp³-hybridized carbons (Fsp3) is 0.538. The average molecular weight is 260 g/mol. The average Bonchev–Trinajstić information content (AvgIpc) is 2.58. The third-order valence-corrected chi connectivity index (χ3v) is 3.67. The topological polar surface area (TPSA) is 64.4 Å². The van der Waals surface area contributed by atoms with Gasteiger partial charge in [0.1, 0.15) is 11.8 Å². The van der Waals surface area contributed by atoms with Crippen LogP contribution in [0.2, 0.25) is 0 Å². The molecule has 0 aromatic carbocycles. The fourth-order valence-electron chi connectivity index (χ4n) is 1.80. The summed E-state index contributed by atoms with van der Waals surface area (Å²) in [6, 6.07) is 5.39. The van der Waals surface area contributed by atoms with E-state index >= 15 is 0 Å². The number of methoxy groups -OCH3 is 1. The van der Waals surface area contributed by atoms with Crippen molar-refractivity contribution < 1.29 is 14.0 Å². The van der Waals surface area contributed by atoms with Gasteiger partial charge in [0.15, 0.2) is 0 Å². The molecule has 0 aliphatic carbocycles. The predicted molar refractivity (Wildman–Crippen MR) is 71.2 cm³/mol. The van der Waals surface area contributed by atoms with Gasteiger partial charge in [0.05, 0.1) is 18.3 Å². The van der Waals surface area contributed by atoms with Crippen LogP contribution < -0.4 is 10.2 Å². The molecule has 0 bridgehead atoms. The van der Waals surface area contributed by atoms with Crippen LogP contribution >= 0.6 is 0 Å². The Morgan fingerprint density at radius 2 is 1.79 bits per heavy atom. The molecule has 0 N–H and O–H groups in total. The molecule has 1 aromatic heterocycles. The molecule has 2 heterocycles. The van der Waals surface area contributed by atoms with Crippen molar-refractivity contribution in [2.24, 2.45) is 0 Å². The minimum absolute atomic E-state index is 0.282. The van der Waals surface area contributed by atoms with Gasteiger partial charge in [-0.15, -0.1) is 0 Å². The number of aromatic nitrogens is 1. The Balaban J connectivity index is 2.37. The van der Waals surface area contributed by atoms with E-state index in [4.69, 9.17) is 19.3 Å². The smallest absolute Gasteiger partial charge is 0.481 e. The number of nitrogens with zero attached hydrogens (tertiary/aromatic N) is 2. The van der Waals surface area contributed by atoms with E-state index in [-0.39, 0.29) is 5.69 Å². The highest BCUT2D eigenvalue weighted by Crippen LogP contribution is 2.36. The van der Waals surface area contributed by atoms with Gasteiger partial charge in [0.25, 0.3) is 0 Å². The van der Waals surface area contributed by atoms with Gasteiger partial charge in [0, 0.05) is 6.07 Å². The molecule has 19 heavy (non-hydrogen) atoms. The third-order valence-electron chi connectivity index (χ3n) is 3.67. The molecule has 100 valence electrons. The van der Waals surface area contributed by atoms with Crippen molar-refractivity contribution in [3.63, 3.8) is 0 Å². The van der Waals surface area contributed by atoms with E-state index in [2.05, 4.69) is 4.98 Å². The Labute approximate surface area is 113 Å². The zero-order valence-electron chi connectivity index (χ0n) is 11.9. The number of nitriles is 1. The Morgan fingerprint density at radius 1 is 1.21 bits per heavy atom. The quantitative estimate of drug-likeness (QED) is 0.749. The van der Waals surface area contributed by atoms with Crippen LogP contribution in [-0.2, 0) is 9.31 Å². The molecule has 0 atom stereocenters. The molecule has 0 radical (unpaired) electrons. The molecule has 0 spiro atoms. The number of rotatable bonds is 2. The van der Waals surface area contributed by atoms with Gasteiger partial charge in [0.2, 0.25) is 5.88 Å². The van der Waals surface area contributed by atoms with Crippen LogP contribution in [0.4, 0.5) is 0 Å². The molecule has 0 saturated carbocycles. The molecule has 1 aromatic rings. The molecular weight excluding hydrogens is 243 g/mol. The molecular formula is C13H17BN2O3.